The lowest BCUT2D eigenvalue weighted by molar-refractivity contribution is 0.102. The Kier molecular flexibility index (Phi) is 4.20. The lowest BCUT2D eigenvalue weighted by Gasteiger charge is -2.07. The summed E-state index contributed by atoms with van der Waals surface area (Å²) in [6.45, 7) is 0. The molecule has 1 aliphatic heterocycles. The van der Waals surface area contributed by atoms with Crippen LogP contribution in [0, 0.1) is 0 Å². The van der Waals surface area contributed by atoms with Crippen LogP contribution in [0.5, 0.6) is 0 Å². The van der Waals surface area contributed by atoms with E-state index in [0.29, 0.717) is 5.56 Å². The van der Waals surface area contributed by atoms with Gasteiger partial charge < -0.3 is 5.32 Å². The lowest BCUT2D eigenvalue weighted by Crippen LogP contribution is -2.12. The molecule has 0 radical (unpaired) electrons. The van der Waals surface area contributed by atoms with Crippen LogP contribution < -0.4 is 5.32 Å². The minimum Gasteiger partial charge on any atom is -0.322 e. The summed E-state index contributed by atoms with van der Waals surface area (Å²) in [5.41, 5.74) is 5.83. The Morgan fingerprint density at radius 3 is 2.52 bits per heavy atom. The molecule has 1 aliphatic rings. The van der Waals surface area contributed by atoms with Crippen LogP contribution in [-0.4, -0.2) is 11.6 Å². The number of rotatable bonds is 3. The van der Waals surface area contributed by atoms with Crippen LogP contribution in [0.3, 0.4) is 0 Å². The summed E-state index contributed by atoms with van der Waals surface area (Å²) in [5.74, 6) is -0.125. The predicted octanol–water partition coefficient (Wildman–Crippen LogP) is 5.38. The van der Waals surface area contributed by atoms with Crippen LogP contribution in [0.1, 0.15) is 21.5 Å². The number of carbonyl (C=O) groups is 1. The number of para-hydroxylation sites is 1. The van der Waals surface area contributed by atoms with Gasteiger partial charge in [0.25, 0.3) is 5.91 Å². The van der Waals surface area contributed by atoms with Gasteiger partial charge in [0.05, 0.1) is 11.4 Å². The van der Waals surface area contributed by atoms with Crippen LogP contribution >= 0.6 is 15.9 Å². The van der Waals surface area contributed by atoms with Crippen molar-refractivity contribution < 1.29 is 4.79 Å². The van der Waals surface area contributed by atoms with Crippen molar-refractivity contribution in [1.29, 1.82) is 0 Å². The van der Waals surface area contributed by atoms with E-state index in [-0.39, 0.29) is 5.91 Å². The number of aliphatic imine (C=N–C) groups is 1. The average molecular weight is 391 g/mol. The van der Waals surface area contributed by atoms with E-state index in [9.17, 15) is 4.79 Å². The number of carbonyl (C=O) groups excluding carboxylic acids is 1. The highest BCUT2D eigenvalue weighted by Gasteiger charge is 2.15. The van der Waals surface area contributed by atoms with Gasteiger partial charge >= 0.3 is 0 Å². The summed E-state index contributed by atoms with van der Waals surface area (Å²) in [7, 11) is 0. The molecule has 0 saturated carbocycles. The van der Waals surface area contributed by atoms with E-state index in [0.717, 1.165) is 33.5 Å². The third-order valence-electron chi connectivity index (χ3n) is 4.17. The molecule has 0 fully saturated rings. The molecule has 3 aromatic rings. The fourth-order valence-corrected chi connectivity index (χ4v) is 3.28. The number of anilines is 1. The number of nitrogens with zero attached hydrogens (tertiary/aromatic N) is 1. The van der Waals surface area contributed by atoms with E-state index in [1.807, 2.05) is 54.6 Å². The van der Waals surface area contributed by atoms with Crippen LogP contribution in [0.4, 0.5) is 11.4 Å². The number of halogens is 1. The second-order valence-electron chi connectivity index (χ2n) is 5.91. The van der Waals surface area contributed by atoms with Gasteiger partial charge in [0.1, 0.15) is 0 Å². The Bertz CT molecular complexity index is 977. The summed E-state index contributed by atoms with van der Waals surface area (Å²) in [6.07, 6.45) is 0.847. The van der Waals surface area contributed by atoms with Gasteiger partial charge in [-0.15, -0.1) is 0 Å². The molecule has 1 N–H and O–H groups in total. The SMILES string of the molecule is O=C(Nc1ccc(C2=Nc3ccccc3C2)cc1)c1cccc(Br)c1. The molecule has 0 bridgehead atoms. The van der Waals surface area contributed by atoms with Crippen LogP contribution in [-0.2, 0) is 6.42 Å². The normalized spacial score (nSPS) is 12.4. The first kappa shape index (κ1) is 15.8. The zero-order valence-corrected chi connectivity index (χ0v) is 15.0. The minimum absolute atomic E-state index is 0.125. The quantitative estimate of drug-likeness (QED) is 0.640. The molecule has 1 amide bonds. The van der Waals surface area contributed by atoms with Crippen molar-refractivity contribution in [3.63, 3.8) is 0 Å². The molecule has 1 heterocycles. The number of nitrogens with one attached hydrogen (secondary N) is 1. The number of fused-ring (bicyclic) bond motifs is 1. The van der Waals surface area contributed by atoms with E-state index in [1.165, 1.54) is 5.56 Å². The second kappa shape index (κ2) is 6.65. The van der Waals surface area contributed by atoms with Crippen molar-refractivity contribution in [3.8, 4) is 0 Å². The molecule has 0 spiro atoms. The fourth-order valence-electron chi connectivity index (χ4n) is 2.88. The zero-order chi connectivity index (χ0) is 17.2. The van der Waals surface area contributed by atoms with Crippen molar-refractivity contribution in [2.75, 3.05) is 5.32 Å². The van der Waals surface area contributed by atoms with E-state index >= 15 is 0 Å². The maximum atomic E-state index is 12.3. The van der Waals surface area contributed by atoms with Crippen LogP contribution in [0.25, 0.3) is 0 Å². The fraction of sp³-hybridized carbons (Fsp3) is 0.0476. The molecule has 3 nitrogen and oxygen atoms in total. The molecule has 0 atom stereocenters. The molecule has 3 aromatic carbocycles. The van der Waals surface area contributed by atoms with Gasteiger partial charge in [0.15, 0.2) is 0 Å². The van der Waals surface area contributed by atoms with Crippen LogP contribution in [0.2, 0.25) is 0 Å². The number of hydrogen-bond donors (Lipinski definition) is 1. The molecule has 0 aromatic heterocycles. The zero-order valence-electron chi connectivity index (χ0n) is 13.4. The van der Waals surface area contributed by atoms with Gasteiger partial charge in [-0.05, 0) is 47.5 Å². The Morgan fingerprint density at radius 2 is 1.76 bits per heavy atom. The van der Waals surface area contributed by atoms with Crippen molar-refractivity contribution in [2.24, 2.45) is 4.99 Å². The monoisotopic (exact) mass is 390 g/mol. The summed E-state index contributed by atoms with van der Waals surface area (Å²) in [5, 5.41) is 2.92. The average Bonchev–Trinajstić information content (AvgIpc) is 3.06. The van der Waals surface area contributed by atoms with E-state index in [2.05, 4.69) is 27.3 Å². The highest BCUT2D eigenvalue weighted by Crippen LogP contribution is 2.28. The summed E-state index contributed by atoms with van der Waals surface area (Å²) >= 11 is 3.38. The van der Waals surface area contributed by atoms with Gasteiger partial charge in [0, 0.05) is 22.1 Å². The number of hydrogen-bond acceptors (Lipinski definition) is 2. The van der Waals surface area contributed by atoms with Crippen LogP contribution in [0.15, 0.2) is 82.3 Å². The highest BCUT2D eigenvalue weighted by molar-refractivity contribution is 9.10. The van der Waals surface area contributed by atoms with Gasteiger partial charge in [-0.1, -0.05) is 52.3 Å². The van der Waals surface area contributed by atoms with Crippen molar-refractivity contribution in [1.82, 2.24) is 0 Å². The Labute approximate surface area is 154 Å². The Balaban J connectivity index is 1.49. The first-order chi connectivity index (χ1) is 12.2. The standard InChI is InChI=1S/C21H15BrN2O/c22-17-6-3-5-16(12-17)21(25)23-18-10-8-14(9-11-18)20-13-15-4-1-2-7-19(15)24-20/h1-12H,13H2,(H,23,25). The van der Waals surface area contributed by atoms with Gasteiger partial charge in [-0.2, -0.15) is 0 Å². The first-order valence-electron chi connectivity index (χ1n) is 8.02. The third-order valence-corrected chi connectivity index (χ3v) is 4.66. The molecule has 4 rings (SSSR count). The van der Waals surface area contributed by atoms with Gasteiger partial charge in [-0.3, -0.25) is 9.79 Å². The van der Waals surface area contributed by atoms with Crippen molar-refractivity contribution >= 4 is 38.9 Å². The third kappa shape index (κ3) is 3.39. The van der Waals surface area contributed by atoms with Gasteiger partial charge in [0.2, 0.25) is 0 Å². The molecular formula is C21H15BrN2O. The molecule has 122 valence electrons. The lowest BCUT2D eigenvalue weighted by atomic mass is 10.0. The van der Waals surface area contributed by atoms with Crippen molar-refractivity contribution in [3.05, 3.63) is 94.0 Å². The van der Waals surface area contributed by atoms with Crippen molar-refractivity contribution in [2.45, 2.75) is 6.42 Å². The second-order valence-corrected chi connectivity index (χ2v) is 6.82. The Hall–Kier alpha value is -2.72. The highest BCUT2D eigenvalue weighted by atomic mass is 79.9. The van der Waals surface area contributed by atoms with E-state index in [1.54, 1.807) is 12.1 Å². The largest absolute Gasteiger partial charge is 0.322 e. The van der Waals surface area contributed by atoms with Gasteiger partial charge in [-0.25, -0.2) is 0 Å². The topological polar surface area (TPSA) is 41.5 Å². The smallest absolute Gasteiger partial charge is 0.255 e. The minimum atomic E-state index is -0.125. The molecule has 25 heavy (non-hydrogen) atoms. The maximum absolute atomic E-state index is 12.3. The van der Waals surface area contributed by atoms with E-state index < -0.39 is 0 Å². The molecule has 0 unspecified atom stereocenters. The summed E-state index contributed by atoms with van der Waals surface area (Å²) in [4.78, 5) is 17.0. The maximum Gasteiger partial charge on any atom is 0.255 e. The number of amides is 1. The molecule has 0 aliphatic carbocycles. The first-order valence-corrected chi connectivity index (χ1v) is 8.81. The number of benzene rings is 3. The Morgan fingerprint density at radius 1 is 0.960 bits per heavy atom. The predicted molar refractivity (Wildman–Crippen MR) is 105 cm³/mol. The molecule has 0 saturated heterocycles. The summed E-state index contributed by atoms with van der Waals surface area (Å²) < 4.78 is 0.884. The molecule has 4 heteroatoms. The van der Waals surface area contributed by atoms with E-state index in [4.69, 9.17) is 4.99 Å². The molecular weight excluding hydrogens is 376 g/mol. The summed E-state index contributed by atoms with van der Waals surface area (Å²) in [6, 6.07) is 23.4.